The smallest absolute Gasteiger partial charge is 0.268 e. The van der Waals surface area contributed by atoms with Crippen LogP contribution in [0.5, 0.6) is 0 Å². The molecule has 9 nitrogen and oxygen atoms in total. The minimum absolute atomic E-state index is 0.0841. The Kier molecular flexibility index (Phi) is 6.83. The van der Waals surface area contributed by atoms with Gasteiger partial charge >= 0.3 is 0 Å². The van der Waals surface area contributed by atoms with E-state index in [9.17, 15) is 23.3 Å². The van der Waals surface area contributed by atoms with Gasteiger partial charge in [0.1, 0.15) is 11.3 Å². The SMILES string of the molecule is Cc1noc(C)c1-c1cc(C(=O)NCc2ccc(S(C)(=O)=O)cc2)c(=O)n(-c2cccc(C#N)c2)c1C. The van der Waals surface area contributed by atoms with E-state index < -0.39 is 21.3 Å². The van der Waals surface area contributed by atoms with Gasteiger partial charge < -0.3 is 9.84 Å². The van der Waals surface area contributed by atoms with Crippen LogP contribution in [0, 0.1) is 32.1 Å². The van der Waals surface area contributed by atoms with Crippen LogP contribution < -0.4 is 10.9 Å². The van der Waals surface area contributed by atoms with Crippen LogP contribution in [0.4, 0.5) is 0 Å². The molecule has 1 amide bonds. The lowest BCUT2D eigenvalue weighted by atomic mass is 9.99. The van der Waals surface area contributed by atoms with E-state index in [2.05, 4.69) is 16.5 Å². The van der Waals surface area contributed by atoms with Gasteiger partial charge in [0.15, 0.2) is 9.84 Å². The van der Waals surface area contributed by atoms with Gasteiger partial charge in [-0.1, -0.05) is 23.4 Å². The first-order valence-electron chi connectivity index (χ1n) is 11.3. The third-order valence-electron chi connectivity index (χ3n) is 6.03. The van der Waals surface area contributed by atoms with Crippen LogP contribution in [0.3, 0.4) is 0 Å². The number of nitriles is 1. The fourth-order valence-electron chi connectivity index (χ4n) is 4.14. The number of aryl methyl sites for hydroxylation is 2. The summed E-state index contributed by atoms with van der Waals surface area (Å²) in [6.45, 7) is 5.37. The highest BCUT2D eigenvalue weighted by Crippen LogP contribution is 2.30. The summed E-state index contributed by atoms with van der Waals surface area (Å²) in [5.74, 6) is -0.0655. The first-order valence-corrected chi connectivity index (χ1v) is 13.2. The van der Waals surface area contributed by atoms with Crippen molar-refractivity contribution >= 4 is 15.7 Å². The van der Waals surface area contributed by atoms with Crippen molar-refractivity contribution in [3.8, 4) is 22.9 Å². The molecule has 0 radical (unpaired) electrons. The highest BCUT2D eigenvalue weighted by Gasteiger charge is 2.23. The summed E-state index contributed by atoms with van der Waals surface area (Å²) in [7, 11) is -3.34. The van der Waals surface area contributed by atoms with Crippen LogP contribution in [0.15, 0.2) is 68.8 Å². The van der Waals surface area contributed by atoms with Crippen molar-refractivity contribution in [3.05, 3.63) is 98.8 Å². The van der Waals surface area contributed by atoms with Crippen LogP contribution in [0.2, 0.25) is 0 Å². The van der Waals surface area contributed by atoms with Crippen LogP contribution in [-0.4, -0.2) is 30.3 Å². The first kappa shape index (κ1) is 25.6. The number of amides is 1. The molecule has 0 atom stereocenters. The molecule has 4 aromatic rings. The Hall–Kier alpha value is -4.49. The number of carbonyl (C=O) groups excluding carboxylic acids is 1. The standard InChI is InChI=1S/C27H24N4O5S/c1-16-25(18(3)36-30-16)23-13-24(26(32)29-15-19-8-10-22(11-9-19)37(4,34)35)27(33)31(17(23)2)21-7-5-6-20(12-21)14-28/h5-13H,15H2,1-4H3,(H,29,32). The highest BCUT2D eigenvalue weighted by atomic mass is 32.2. The molecule has 0 unspecified atom stereocenters. The second-order valence-electron chi connectivity index (χ2n) is 8.66. The topological polar surface area (TPSA) is 135 Å². The Morgan fingerprint density at radius 1 is 1.11 bits per heavy atom. The van der Waals surface area contributed by atoms with Crippen LogP contribution >= 0.6 is 0 Å². The van der Waals surface area contributed by atoms with Gasteiger partial charge in [0, 0.05) is 29.6 Å². The molecule has 1 N–H and O–H groups in total. The van der Waals surface area contributed by atoms with Crippen molar-refractivity contribution < 1.29 is 17.7 Å². The minimum Gasteiger partial charge on any atom is -0.361 e. The molecular formula is C27H24N4O5S. The Labute approximate surface area is 213 Å². The molecule has 0 bridgehead atoms. The Bertz CT molecular complexity index is 1710. The van der Waals surface area contributed by atoms with Gasteiger partial charge in [0.05, 0.1) is 27.9 Å². The van der Waals surface area contributed by atoms with Crippen molar-refractivity contribution in [2.45, 2.75) is 32.2 Å². The van der Waals surface area contributed by atoms with Crippen molar-refractivity contribution in [1.29, 1.82) is 5.26 Å². The number of benzene rings is 2. The van der Waals surface area contributed by atoms with Crippen LogP contribution in [0.25, 0.3) is 16.8 Å². The van der Waals surface area contributed by atoms with Gasteiger partial charge in [-0.2, -0.15) is 5.26 Å². The summed E-state index contributed by atoms with van der Waals surface area (Å²) in [5, 5.41) is 16.1. The van der Waals surface area contributed by atoms with E-state index in [0.29, 0.717) is 45.1 Å². The van der Waals surface area contributed by atoms with Gasteiger partial charge in [-0.05, 0) is 62.7 Å². The molecule has 2 heterocycles. The van der Waals surface area contributed by atoms with Crippen molar-refractivity contribution in [3.63, 3.8) is 0 Å². The second-order valence-corrected chi connectivity index (χ2v) is 10.7. The number of rotatable bonds is 6. The molecule has 0 aliphatic carbocycles. The quantitative estimate of drug-likeness (QED) is 0.413. The number of nitrogens with zero attached hydrogens (tertiary/aromatic N) is 3. The lowest BCUT2D eigenvalue weighted by Crippen LogP contribution is -2.33. The molecular weight excluding hydrogens is 492 g/mol. The molecule has 0 saturated carbocycles. The predicted octanol–water partition coefficient (Wildman–Crippen LogP) is 3.62. The number of pyridine rings is 1. The van der Waals surface area contributed by atoms with E-state index in [1.54, 1.807) is 57.2 Å². The maximum absolute atomic E-state index is 13.6. The van der Waals surface area contributed by atoms with Gasteiger partial charge in [-0.3, -0.25) is 14.2 Å². The largest absolute Gasteiger partial charge is 0.361 e. The number of nitrogens with one attached hydrogen (secondary N) is 1. The first-order chi connectivity index (χ1) is 17.5. The van der Waals surface area contributed by atoms with Crippen molar-refractivity contribution in [2.24, 2.45) is 0 Å². The number of sulfone groups is 1. The van der Waals surface area contributed by atoms with Crippen molar-refractivity contribution in [2.75, 3.05) is 6.26 Å². The van der Waals surface area contributed by atoms with E-state index in [1.165, 1.54) is 22.8 Å². The molecule has 2 aromatic heterocycles. The molecule has 2 aromatic carbocycles. The van der Waals surface area contributed by atoms with E-state index in [0.717, 1.165) is 6.26 Å². The van der Waals surface area contributed by atoms with E-state index >= 15 is 0 Å². The lowest BCUT2D eigenvalue weighted by Gasteiger charge is -2.17. The number of hydrogen-bond acceptors (Lipinski definition) is 7. The molecule has 0 aliphatic rings. The number of aromatic nitrogens is 2. The summed E-state index contributed by atoms with van der Waals surface area (Å²) >= 11 is 0. The maximum Gasteiger partial charge on any atom is 0.268 e. The molecule has 0 spiro atoms. The molecule has 37 heavy (non-hydrogen) atoms. The van der Waals surface area contributed by atoms with Crippen LogP contribution in [-0.2, 0) is 16.4 Å². The molecule has 10 heteroatoms. The molecule has 0 aliphatic heterocycles. The third-order valence-corrected chi connectivity index (χ3v) is 7.16. The molecule has 0 saturated heterocycles. The zero-order valence-corrected chi connectivity index (χ0v) is 21.5. The fourth-order valence-corrected chi connectivity index (χ4v) is 4.77. The lowest BCUT2D eigenvalue weighted by molar-refractivity contribution is 0.0949. The molecule has 0 fully saturated rings. The fraction of sp³-hybridized carbons (Fsp3) is 0.185. The zero-order chi connectivity index (χ0) is 26.9. The van der Waals surface area contributed by atoms with Crippen LogP contribution in [0.1, 0.15) is 38.6 Å². The summed E-state index contributed by atoms with van der Waals surface area (Å²) < 4.78 is 30.1. The van der Waals surface area contributed by atoms with E-state index in [-0.39, 0.29) is 17.0 Å². The Morgan fingerprint density at radius 3 is 2.41 bits per heavy atom. The van der Waals surface area contributed by atoms with E-state index in [4.69, 9.17) is 4.52 Å². The van der Waals surface area contributed by atoms with Gasteiger partial charge in [0.25, 0.3) is 11.5 Å². The normalized spacial score (nSPS) is 11.2. The molecule has 188 valence electrons. The zero-order valence-electron chi connectivity index (χ0n) is 20.7. The second kappa shape index (κ2) is 9.87. The van der Waals surface area contributed by atoms with Gasteiger partial charge in [-0.25, -0.2) is 8.42 Å². The third kappa shape index (κ3) is 5.08. The number of hydrogen-bond donors (Lipinski definition) is 1. The summed E-state index contributed by atoms with van der Waals surface area (Å²) in [4.78, 5) is 27.0. The van der Waals surface area contributed by atoms with Gasteiger partial charge in [0.2, 0.25) is 0 Å². The maximum atomic E-state index is 13.6. The summed E-state index contributed by atoms with van der Waals surface area (Å²) in [6.07, 6.45) is 1.12. The number of carbonyl (C=O) groups is 1. The average Bonchev–Trinajstić information content (AvgIpc) is 3.20. The summed E-state index contributed by atoms with van der Waals surface area (Å²) in [6, 6.07) is 16.3. The summed E-state index contributed by atoms with van der Waals surface area (Å²) in [5.41, 5.74) is 3.27. The van der Waals surface area contributed by atoms with Gasteiger partial charge in [-0.15, -0.1) is 0 Å². The molecule has 4 rings (SSSR count). The average molecular weight is 517 g/mol. The minimum atomic E-state index is -3.34. The van der Waals surface area contributed by atoms with E-state index in [1.807, 2.05) is 0 Å². The monoisotopic (exact) mass is 516 g/mol. The Balaban J connectivity index is 1.80. The Morgan fingerprint density at radius 2 is 1.81 bits per heavy atom. The highest BCUT2D eigenvalue weighted by molar-refractivity contribution is 7.90. The van der Waals surface area contributed by atoms with Crippen molar-refractivity contribution in [1.82, 2.24) is 15.0 Å². The predicted molar refractivity (Wildman–Crippen MR) is 137 cm³/mol.